The Kier molecular flexibility index (Phi) is 6.13. The average Bonchev–Trinajstić information content (AvgIpc) is 3.24. The van der Waals surface area contributed by atoms with Crippen molar-refractivity contribution < 1.29 is 22.7 Å². The number of amides is 1. The van der Waals surface area contributed by atoms with Gasteiger partial charge in [0.2, 0.25) is 0 Å². The lowest BCUT2D eigenvalue weighted by Crippen LogP contribution is -2.38. The van der Waals surface area contributed by atoms with E-state index >= 15 is 0 Å². The van der Waals surface area contributed by atoms with Crippen LogP contribution in [0.4, 0.5) is 10.8 Å². The monoisotopic (exact) mass is 485 g/mol. The van der Waals surface area contributed by atoms with Crippen LogP contribution in [0.5, 0.6) is 11.5 Å². The lowest BCUT2D eigenvalue weighted by molar-refractivity contribution is -0.121. The number of nitrogens with one attached hydrogen (secondary N) is 1. The molecular formula is C23H23N3O5S2. The molecular weight excluding hydrogens is 462 g/mol. The number of rotatable bonds is 7. The summed E-state index contributed by atoms with van der Waals surface area (Å²) in [5.41, 5.74) is 3.70. The number of anilines is 2. The Morgan fingerprint density at radius 1 is 1.27 bits per heavy atom. The lowest BCUT2D eigenvalue weighted by atomic mass is 10.1. The highest BCUT2D eigenvalue weighted by molar-refractivity contribution is 7.93. The summed E-state index contributed by atoms with van der Waals surface area (Å²) in [6.07, 6.45) is 1.65. The van der Waals surface area contributed by atoms with Crippen LogP contribution < -0.4 is 19.1 Å². The number of carbonyl (C=O) groups is 1. The quantitative estimate of drug-likeness (QED) is 0.505. The van der Waals surface area contributed by atoms with Gasteiger partial charge in [-0.3, -0.25) is 9.52 Å². The highest BCUT2D eigenvalue weighted by Gasteiger charge is 2.26. The number of aromatic nitrogens is 1. The van der Waals surface area contributed by atoms with Crippen LogP contribution >= 0.6 is 11.3 Å². The average molecular weight is 486 g/mol. The van der Waals surface area contributed by atoms with Gasteiger partial charge in [0.25, 0.3) is 15.9 Å². The third kappa shape index (κ3) is 4.44. The fourth-order valence-corrected chi connectivity index (χ4v) is 5.66. The van der Waals surface area contributed by atoms with Crippen LogP contribution in [0.2, 0.25) is 0 Å². The predicted octanol–water partition coefficient (Wildman–Crippen LogP) is 4.15. The van der Waals surface area contributed by atoms with Gasteiger partial charge in [0.1, 0.15) is 16.4 Å². The van der Waals surface area contributed by atoms with Crippen molar-refractivity contribution in [2.24, 2.45) is 0 Å². The first-order chi connectivity index (χ1) is 15.7. The second-order valence-corrected chi connectivity index (χ2v) is 10.0. The number of carbonyl (C=O) groups excluding carboxylic acids is 1. The minimum atomic E-state index is -3.91. The molecule has 0 spiro atoms. The number of thiazole rings is 1. The Morgan fingerprint density at radius 3 is 2.76 bits per heavy atom. The second kappa shape index (κ2) is 8.87. The maximum Gasteiger partial charge on any atom is 0.267 e. The Balaban J connectivity index is 1.64. The first-order valence-corrected chi connectivity index (χ1v) is 12.4. The van der Waals surface area contributed by atoms with Crippen LogP contribution in [-0.4, -0.2) is 39.6 Å². The molecule has 1 N–H and O–H groups in total. The molecule has 0 saturated heterocycles. The van der Waals surface area contributed by atoms with Crippen molar-refractivity contribution >= 4 is 38.1 Å². The summed E-state index contributed by atoms with van der Waals surface area (Å²) in [5, 5.41) is 1.97. The summed E-state index contributed by atoms with van der Waals surface area (Å²) in [4.78, 5) is 18.3. The number of benzene rings is 2. The van der Waals surface area contributed by atoms with Gasteiger partial charge < -0.3 is 14.4 Å². The van der Waals surface area contributed by atoms with Crippen LogP contribution in [0.25, 0.3) is 11.3 Å². The Labute approximate surface area is 196 Å². The first-order valence-electron chi connectivity index (χ1n) is 10.1. The van der Waals surface area contributed by atoms with E-state index in [1.165, 1.54) is 18.4 Å². The molecule has 1 amide bonds. The van der Waals surface area contributed by atoms with Gasteiger partial charge in [0, 0.05) is 17.5 Å². The zero-order valence-electron chi connectivity index (χ0n) is 18.4. The van der Waals surface area contributed by atoms with Crippen molar-refractivity contribution in [2.45, 2.75) is 18.7 Å². The molecule has 1 aliphatic rings. The molecule has 2 heterocycles. The Morgan fingerprint density at radius 2 is 2.03 bits per heavy atom. The summed E-state index contributed by atoms with van der Waals surface area (Å²) in [6, 6.07) is 8.68. The van der Waals surface area contributed by atoms with Crippen LogP contribution in [-0.2, 0) is 14.8 Å². The van der Waals surface area contributed by atoms with Crippen LogP contribution in [0.1, 0.15) is 11.1 Å². The largest absolute Gasteiger partial charge is 0.495 e. The van der Waals surface area contributed by atoms with E-state index in [1.54, 1.807) is 40.6 Å². The summed E-state index contributed by atoms with van der Waals surface area (Å²) in [7, 11) is -2.48. The fraction of sp³-hybridized carbons (Fsp3) is 0.217. The topological polar surface area (TPSA) is 97.8 Å². The van der Waals surface area contributed by atoms with Crippen LogP contribution in [0.15, 0.2) is 53.3 Å². The third-order valence-electron chi connectivity index (χ3n) is 5.30. The molecule has 33 heavy (non-hydrogen) atoms. The third-order valence-corrected chi connectivity index (χ3v) is 7.55. The number of hydrogen-bond donors (Lipinski definition) is 1. The number of fused-ring (bicyclic) bond motifs is 1. The fourth-order valence-electron chi connectivity index (χ4n) is 3.45. The lowest BCUT2D eigenvalue weighted by Gasteiger charge is -2.28. The highest BCUT2D eigenvalue weighted by atomic mass is 32.2. The van der Waals surface area contributed by atoms with Gasteiger partial charge in [0.05, 0.1) is 18.5 Å². The predicted molar refractivity (Wildman–Crippen MR) is 129 cm³/mol. The second-order valence-electron chi connectivity index (χ2n) is 7.49. The standard InChI is InChI=1S/C23H23N3O5S2/c1-5-8-26-18-11-16(6-7-19(18)31-12-22(26)27)17-13-32-23(24-17)25-33(28,29)21-10-15(3)14(2)9-20(21)30-4/h5-7,9-11,13H,1,8,12H2,2-4H3,(H,24,25). The summed E-state index contributed by atoms with van der Waals surface area (Å²) >= 11 is 1.17. The van der Waals surface area contributed by atoms with Crippen molar-refractivity contribution in [3.05, 3.63) is 59.5 Å². The van der Waals surface area contributed by atoms with Crippen molar-refractivity contribution in [1.29, 1.82) is 0 Å². The van der Waals surface area contributed by atoms with Gasteiger partial charge in [-0.05, 0) is 55.3 Å². The molecule has 2 aromatic carbocycles. The zero-order valence-corrected chi connectivity index (χ0v) is 20.0. The molecule has 10 heteroatoms. The van der Waals surface area contributed by atoms with Gasteiger partial charge in [-0.15, -0.1) is 17.9 Å². The van der Waals surface area contributed by atoms with E-state index in [9.17, 15) is 13.2 Å². The molecule has 0 radical (unpaired) electrons. The molecule has 0 unspecified atom stereocenters. The van der Waals surface area contributed by atoms with Gasteiger partial charge >= 0.3 is 0 Å². The SMILES string of the molecule is C=CCN1C(=O)COc2ccc(-c3csc(NS(=O)(=O)c4cc(C)c(C)cc4OC)n3)cc21. The first kappa shape index (κ1) is 22.8. The van der Waals surface area contributed by atoms with Gasteiger partial charge in [-0.2, -0.15) is 0 Å². The molecule has 0 atom stereocenters. The van der Waals surface area contributed by atoms with E-state index in [0.717, 1.165) is 16.7 Å². The molecule has 0 fully saturated rings. The molecule has 1 aromatic heterocycles. The zero-order chi connectivity index (χ0) is 23.8. The molecule has 0 aliphatic carbocycles. The molecule has 172 valence electrons. The maximum absolute atomic E-state index is 13.0. The summed E-state index contributed by atoms with van der Waals surface area (Å²) < 4.78 is 39.4. The maximum atomic E-state index is 13.0. The minimum absolute atomic E-state index is 0.0231. The number of sulfonamides is 1. The highest BCUT2D eigenvalue weighted by Crippen LogP contribution is 2.37. The van der Waals surface area contributed by atoms with Crippen LogP contribution in [0, 0.1) is 13.8 Å². The van der Waals surface area contributed by atoms with Crippen molar-refractivity contribution in [3.63, 3.8) is 0 Å². The van der Waals surface area contributed by atoms with E-state index in [1.807, 2.05) is 19.9 Å². The Hall–Kier alpha value is -3.37. The number of methoxy groups -OCH3 is 1. The molecule has 4 rings (SSSR count). The summed E-state index contributed by atoms with van der Waals surface area (Å²) in [6.45, 7) is 7.78. The summed E-state index contributed by atoms with van der Waals surface area (Å²) in [5.74, 6) is 0.704. The van der Waals surface area contributed by atoms with E-state index in [0.29, 0.717) is 23.7 Å². The molecule has 0 bridgehead atoms. The smallest absolute Gasteiger partial charge is 0.267 e. The van der Waals surface area contributed by atoms with Crippen molar-refractivity contribution in [1.82, 2.24) is 4.98 Å². The molecule has 8 nitrogen and oxygen atoms in total. The molecule has 1 aliphatic heterocycles. The van der Waals surface area contributed by atoms with Gasteiger partial charge in [0.15, 0.2) is 11.7 Å². The minimum Gasteiger partial charge on any atom is -0.495 e. The van der Waals surface area contributed by atoms with Gasteiger partial charge in [-0.1, -0.05) is 6.08 Å². The normalized spacial score (nSPS) is 13.3. The van der Waals surface area contributed by atoms with Crippen molar-refractivity contribution in [3.8, 4) is 22.8 Å². The van der Waals surface area contributed by atoms with E-state index in [2.05, 4.69) is 16.3 Å². The van der Waals surface area contributed by atoms with E-state index < -0.39 is 10.0 Å². The van der Waals surface area contributed by atoms with E-state index in [-0.39, 0.29) is 28.3 Å². The Bertz CT molecular complexity index is 1350. The molecule has 3 aromatic rings. The number of hydrogen-bond acceptors (Lipinski definition) is 7. The van der Waals surface area contributed by atoms with Crippen molar-refractivity contribution in [2.75, 3.05) is 29.9 Å². The van der Waals surface area contributed by atoms with Crippen LogP contribution in [0.3, 0.4) is 0 Å². The van der Waals surface area contributed by atoms with E-state index in [4.69, 9.17) is 9.47 Å². The molecule has 0 saturated carbocycles. The number of aryl methyl sites for hydroxylation is 2. The van der Waals surface area contributed by atoms with Gasteiger partial charge in [-0.25, -0.2) is 13.4 Å². The number of nitrogens with zero attached hydrogens (tertiary/aromatic N) is 2. The number of ether oxygens (including phenoxy) is 2.